The summed E-state index contributed by atoms with van der Waals surface area (Å²) in [6.45, 7) is 0. The number of sulfone groups is 1. The number of allylic oxidation sites excluding steroid dienone is 1. The summed E-state index contributed by atoms with van der Waals surface area (Å²) < 4.78 is 21.7. The van der Waals surface area contributed by atoms with Crippen LogP contribution in [0, 0.1) is 0 Å². The minimum absolute atomic E-state index is 0.616. The van der Waals surface area contributed by atoms with Crippen molar-refractivity contribution >= 4 is 22.0 Å². The smallest absolute Gasteiger partial charge is 0.267 e. The molecule has 1 amide bonds. The minimum atomic E-state index is -3.33. The lowest BCUT2D eigenvalue weighted by molar-refractivity contribution is -0.116. The van der Waals surface area contributed by atoms with Crippen LogP contribution in [0.2, 0.25) is 0 Å². The number of carbonyl (C=O) groups is 1. The van der Waals surface area contributed by atoms with Crippen molar-refractivity contribution in [2.75, 3.05) is 6.26 Å². The highest BCUT2D eigenvalue weighted by Gasteiger charge is 2.26. The molecule has 1 aliphatic heterocycles. The molecule has 0 aliphatic carbocycles. The van der Waals surface area contributed by atoms with Crippen molar-refractivity contribution in [1.82, 2.24) is 0 Å². The fourth-order valence-electron chi connectivity index (χ4n) is 0.749. The molecule has 1 aliphatic rings. The van der Waals surface area contributed by atoms with E-state index >= 15 is 0 Å². The van der Waals surface area contributed by atoms with Crippen molar-refractivity contribution in [3.8, 4) is 0 Å². The van der Waals surface area contributed by atoms with Crippen LogP contribution in [0.3, 0.4) is 0 Å². The van der Waals surface area contributed by atoms with Gasteiger partial charge in [0.05, 0.1) is 0 Å². The highest BCUT2D eigenvalue weighted by molar-refractivity contribution is 7.92. The maximum Gasteiger partial charge on any atom is 0.267 e. The number of dihydropyridines is 1. The Balaban J connectivity index is 3.01. The maximum absolute atomic E-state index is 10.9. The maximum atomic E-state index is 10.9. The van der Waals surface area contributed by atoms with Gasteiger partial charge in [-0.05, 0) is 6.08 Å². The summed E-state index contributed by atoms with van der Waals surface area (Å²) in [6.07, 6.45) is 5.07. The molecule has 11 heavy (non-hydrogen) atoms. The molecule has 0 fully saturated rings. The van der Waals surface area contributed by atoms with Crippen molar-refractivity contribution < 1.29 is 13.2 Å². The zero-order valence-electron chi connectivity index (χ0n) is 5.89. The number of nitrogens with zero attached hydrogens (tertiary/aromatic N) is 1. The highest BCUT2D eigenvalue weighted by atomic mass is 32.2. The Labute approximate surface area is 64.6 Å². The van der Waals surface area contributed by atoms with Crippen LogP contribution in [0.25, 0.3) is 0 Å². The molecular weight excluding hydrogens is 166 g/mol. The largest absolute Gasteiger partial charge is 0.271 e. The van der Waals surface area contributed by atoms with Crippen LogP contribution in [-0.2, 0) is 14.6 Å². The molecule has 0 aromatic carbocycles. The predicted octanol–water partition coefficient (Wildman–Crippen LogP) is -0.433. The van der Waals surface area contributed by atoms with E-state index in [9.17, 15) is 13.2 Å². The van der Waals surface area contributed by atoms with Gasteiger partial charge >= 0.3 is 0 Å². The van der Waals surface area contributed by atoms with Gasteiger partial charge in [0.15, 0.2) is 15.1 Å². The zero-order valence-corrected chi connectivity index (χ0v) is 6.71. The third kappa shape index (κ3) is 1.74. The Morgan fingerprint density at radius 2 is 2.18 bits per heavy atom. The fourth-order valence-corrected chi connectivity index (χ4v) is 1.55. The summed E-state index contributed by atoms with van der Waals surface area (Å²) in [6, 6.07) is 0. The van der Waals surface area contributed by atoms with E-state index in [1.54, 1.807) is 0 Å². The lowest BCUT2D eigenvalue weighted by Crippen LogP contribution is -2.27. The molecule has 0 aromatic heterocycles. The van der Waals surface area contributed by atoms with Crippen LogP contribution in [0.5, 0.6) is 0 Å². The van der Waals surface area contributed by atoms with E-state index in [-0.39, 0.29) is 0 Å². The van der Waals surface area contributed by atoms with Gasteiger partial charge in [0.25, 0.3) is 5.91 Å². The summed E-state index contributed by atoms with van der Waals surface area (Å²) >= 11 is 0. The van der Waals surface area contributed by atoms with Gasteiger partial charge in [-0.3, -0.25) is 4.79 Å². The van der Waals surface area contributed by atoms with Crippen LogP contribution in [0.4, 0.5) is 0 Å². The summed E-state index contributed by atoms with van der Waals surface area (Å²) in [5.41, 5.74) is 0. The second kappa shape index (κ2) is 2.58. The molecule has 4 nitrogen and oxygen atoms in total. The third-order valence-electron chi connectivity index (χ3n) is 1.28. The zero-order chi connectivity index (χ0) is 8.48. The van der Waals surface area contributed by atoms with Crippen molar-refractivity contribution in [1.29, 1.82) is 0 Å². The van der Waals surface area contributed by atoms with E-state index in [1.165, 1.54) is 18.4 Å². The molecule has 1 unspecified atom stereocenters. The van der Waals surface area contributed by atoms with Gasteiger partial charge in [0.2, 0.25) is 0 Å². The Bertz CT molecular complexity index is 326. The molecule has 0 N–H and O–H groups in total. The fraction of sp³-hybridized carbons (Fsp3) is 0.333. The summed E-state index contributed by atoms with van der Waals surface area (Å²) in [5.74, 6) is -0.616. The number of rotatable bonds is 1. The van der Waals surface area contributed by atoms with Crippen LogP contribution < -0.4 is 0 Å². The van der Waals surface area contributed by atoms with E-state index in [4.69, 9.17) is 0 Å². The van der Waals surface area contributed by atoms with E-state index in [0.717, 1.165) is 6.26 Å². The van der Waals surface area contributed by atoms with Crippen molar-refractivity contribution in [3.63, 3.8) is 0 Å². The molecule has 5 heteroatoms. The first-order chi connectivity index (χ1) is 5.02. The second-order valence-electron chi connectivity index (χ2n) is 2.25. The first-order valence-corrected chi connectivity index (χ1v) is 4.91. The SMILES string of the molecule is CS(=O)(=O)C1C=CC=NC1=O. The van der Waals surface area contributed by atoms with Crippen LogP contribution >= 0.6 is 0 Å². The molecule has 1 heterocycles. The molecule has 1 atom stereocenters. The predicted molar refractivity (Wildman–Crippen MR) is 41.3 cm³/mol. The molecule has 0 saturated carbocycles. The van der Waals surface area contributed by atoms with Gasteiger partial charge < -0.3 is 0 Å². The number of hydrogen-bond donors (Lipinski definition) is 0. The standard InChI is InChI=1S/C6H7NO3S/c1-11(9,10)5-3-2-4-7-6(5)8/h2-5H,1H3. The van der Waals surface area contributed by atoms with Gasteiger partial charge in [-0.1, -0.05) is 6.08 Å². The first-order valence-electron chi connectivity index (χ1n) is 2.95. The second-order valence-corrected chi connectivity index (χ2v) is 4.42. The summed E-state index contributed by atoms with van der Waals surface area (Å²) in [4.78, 5) is 14.2. The average Bonchev–Trinajstić information content (AvgIpc) is 1.86. The monoisotopic (exact) mass is 173 g/mol. The van der Waals surface area contributed by atoms with Crippen LogP contribution in [0.1, 0.15) is 0 Å². The van der Waals surface area contributed by atoms with Crippen molar-refractivity contribution in [2.24, 2.45) is 4.99 Å². The van der Waals surface area contributed by atoms with Crippen LogP contribution in [-0.4, -0.2) is 32.0 Å². The van der Waals surface area contributed by atoms with Crippen molar-refractivity contribution in [2.45, 2.75) is 5.25 Å². The average molecular weight is 173 g/mol. The number of aliphatic imine (C=N–C) groups is 1. The summed E-state index contributed by atoms with van der Waals surface area (Å²) in [7, 11) is -3.33. The Hall–Kier alpha value is -0.970. The molecule has 0 spiro atoms. The summed E-state index contributed by atoms with van der Waals surface area (Å²) in [5, 5.41) is -1.08. The van der Waals surface area contributed by atoms with Gasteiger partial charge in [-0.25, -0.2) is 13.4 Å². The normalized spacial score (nSPS) is 24.1. The lowest BCUT2D eigenvalue weighted by Gasteiger charge is -2.07. The third-order valence-corrected chi connectivity index (χ3v) is 2.56. The van der Waals surface area contributed by atoms with E-state index in [1.807, 2.05) is 0 Å². The Morgan fingerprint density at radius 1 is 1.55 bits per heavy atom. The van der Waals surface area contributed by atoms with Gasteiger partial charge in [0.1, 0.15) is 0 Å². The molecule has 0 radical (unpaired) electrons. The first kappa shape index (κ1) is 8.13. The molecule has 0 aromatic rings. The van der Waals surface area contributed by atoms with Crippen LogP contribution in [0.15, 0.2) is 17.1 Å². The van der Waals surface area contributed by atoms with E-state index < -0.39 is 21.0 Å². The van der Waals surface area contributed by atoms with Gasteiger partial charge in [-0.2, -0.15) is 0 Å². The van der Waals surface area contributed by atoms with Gasteiger partial charge in [0, 0.05) is 12.5 Å². The number of hydrogen-bond acceptors (Lipinski definition) is 3. The molecular formula is C6H7NO3S. The quantitative estimate of drug-likeness (QED) is 0.540. The van der Waals surface area contributed by atoms with Crippen molar-refractivity contribution in [3.05, 3.63) is 12.2 Å². The molecule has 60 valence electrons. The molecule has 0 saturated heterocycles. The highest BCUT2D eigenvalue weighted by Crippen LogP contribution is 2.06. The number of carbonyl (C=O) groups excluding carboxylic acids is 1. The number of amides is 1. The minimum Gasteiger partial charge on any atom is -0.271 e. The topological polar surface area (TPSA) is 63.6 Å². The van der Waals surface area contributed by atoms with E-state index in [0.29, 0.717) is 0 Å². The molecule has 0 bridgehead atoms. The Kier molecular flexibility index (Phi) is 1.90. The van der Waals surface area contributed by atoms with Gasteiger partial charge in [-0.15, -0.1) is 0 Å². The Morgan fingerprint density at radius 3 is 2.55 bits per heavy atom. The van der Waals surface area contributed by atoms with E-state index in [2.05, 4.69) is 4.99 Å². The molecule has 1 rings (SSSR count). The lowest BCUT2D eigenvalue weighted by atomic mass is 10.3.